The van der Waals surface area contributed by atoms with E-state index in [1.807, 2.05) is 25.1 Å². The van der Waals surface area contributed by atoms with Crippen LogP contribution < -0.4 is 5.32 Å². The third-order valence-electron chi connectivity index (χ3n) is 2.57. The van der Waals surface area contributed by atoms with E-state index in [4.69, 9.17) is 16.3 Å². The number of halogens is 1. The molecule has 0 amide bonds. The minimum atomic E-state index is -0.198. The molecule has 0 unspecified atom stereocenters. The summed E-state index contributed by atoms with van der Waals surface area (Å²) in [4.78, 5) is 4.50. The van der Waals surface area contributed by atoms with Crippen molar-refractivity contribution in [3.8, 4) is 0 Å². The number of hydrogen-bond donors (Lipinski definition) is 1. The number of rotatable bonds is 5. The van der Waals surface area contributed by atoms with E-state index in [-0.39, 0.29) is 5.60 Å². The number of hydrogen-bond acceptors (Lipinski definition) is 4. The van der Waals surface area contributed by atoms with Crippen molar-refractivity contribution in [3.63, 3.8) is 0 Å². The molecule has 0 spiro atoms. The SMILES string of the molecule is CCOC(C)(C)CNc1nc2cccc(Cl)c2s1. The molecule has 0 radical (unpaired) electrons. The molecule has 0 aliphatic carbocycles. The molecule has 0 saturated heterocycles. The highest BCUT2D eigenvalue weighted by Crippen LogP contribution is 2.31. The minimum absolute atomic E-state index is 0.198. The van der Waals surface area contributed by atoms with E-state index in [0.717, 1.165) is 26.9 Å². The van der Waals surface area contributed by atoms with Gasteiger partial charge in [-0.25, -0.2) is 4.98 Å². The second kappa shape index (κ2) is 5.43. The Hall–Kier alpha value is -0.840. The Morgan fingerprint density at radius 1 is 1.44 bits per heavy atom. The molecule has 1 N–H and O–H groups in total. The van der Waals surface area contributed by atoms with Crippen molar-refractivity contribution in [2.45, 2.75) is 26.4 Å². The molecule has 0 atom stereocenters. The summed E-state index contributed by atoms with van der Waals surface area (Å²) in [6.45, 7) is 7.55. The lowest BCUT2D eigenvalue weighted by atomic mass is 10.1. The van der Waals surface area contributed by atoms with E-state index in [1.165, 1.54) is 0 Å². The summed E-state index contributed by atoms with van der Waals surface area (Å²) in [7, 11) is 0. The zero-order valence-electron chi connectivity index (χ0n) is 10.8. The van der Waals surface area contributed by atoms with Crippen LogP contribution in [0, 0.1) is 0 Å². The average molecular weight is 285 g/mol. The molecule has 3 nitrogen and oxygen atoms in total. The molecule has 2 aromatic rings. The van der Waals surface area contributed by atoms with Crippen LogP contribution in [0.1, 0.15) is 20.8 Å². The van der Waals surface area contributed by atoms with Gasteiger partial charge in [0.2, 0.25) is 0 Å². The molecule has 2 rings (SSSR count). The number of anilines is 1. The summed E-state index contributed by atoms with van der Waals surface area (Å²) in [5, 5.41) is 4.94. The van der Waals surface area contributed by atoms with Gasteiger partial charge in [-0.1, -0.05) is 29.0 Å². The quantitative estimate of drug-likeness (QED) is 0.894. The number of thiazole rings is 1. The first kappa shape index (κ1) is 13.6. The molecular formula is C13H17ClN2OS. The van der Waals surface area contributed by atoms with Crippen molar-refractivity contribution >= 4 is 38.3 Å². The fourth-order valence-electron chi connectivity index (χ4n) is 1.72. The summed E-state index contributed by atoms with van der Waals surface area (Å²) in [6, 6.07) is 5.77. The monoisotopic (exact) mass is 284 g/mol. The maximum atomic E-state index is 6.13. The molecule has 1 aromatic heterocycles. The molecule has 98 valence electrons. The first-order chi connectivity index (χ1) is 8.52. The lowest BCUT2D eigenvalue weighted by molar-refractivity contribution is 0.000698. The van der Waals surface area contributed by atoms with Gasteiger partial charge >= 0.3 is 0 Å². The number of fused-ring (bicyclic) bond motifs is 1. The molecule has 0 bridgehead atoms. The van der Waals surface area contributed by atoms with E-state index in [2.05, 4.69) is 24.1 Å². The van der Waals surface area contributed by atoms with E-state index in [9.17, 15) is 0 Å². The summed E-state index contributed by atoms with van der Waals surface area (Å²) < 4.78 is 6.66. The van der Waals surface area contributed by atoms with Crippen molar-refractivity contribution in [2.75, 3.05) is 18.5 Å². The predicted molar refractivity (Wildman–Crippen MR) is 78.8 cm³/mol. The summed E-state index contributed by atoms with van der Waals surface area (Å²) in [5.41, 5.74) is 0.736. The van der Waals surface area contributed by atoms with Crippen LogP contribution in [0.5, 0.6) is 0 Å². The summed E-state index contributed by atoms with van der Waals surface area (Å²) in [6.07, 6.45) is 0. The van der Waals surface area contributed by atoms with Gasteiger partial charge in [-0.05, 0) is 32.9 Å². The molecular weight excluding hydrogens is 268 g/mol. The van der Waals surface area contributed by atoms with Crippen LogP contribution in [-0.4, -0.2) is 23.7 Å². The number of aromatic nitrogens is 1. The Morgan fingerprint density at radius 3 is 2.89 bits per heavy atom. The molecule has 18 heavy (non-hydrogen) atoms. The Labute approximate surface area is 116 Å². The Kier molecular flexibility index (Phi) is 4.10. The van der Waals surface area contributed by atoms with Gasteiger partial charge in [-0.3, -0.25) is 0 Å². The van der Waals surface area contributed by atoms with Gasteiger partial charge in [0.25, 0.3) is 0 Å². The third-order valence-corrected chi connectivity index (χ3v) is 4.06. The Balaban J connectivity index is 2.11. The van der Waals surface area contributed by atoms with Gasteiger partial charge in [0, 0.05) is 13.2 Å². The fourth-order valence-corrected chi connectivity index (χ4v) is 2.87. The van der Waals surface area contributed by atoms with E-state index in [0.29, 0.717) is 6.61 Å². The molecule has 0 aliphatic heterocycles. The van der Waals surface area contributed by atoms with Crippen LogP contribution >= 0.6 is 22.9 Å². The molecule has 5 heteroatoms. The third kappa shape index (κ3) is 3.13. The number of nitrogens with one attached hydrogen (secondary N) is 1. The summed E-state index contributed by atoms with van der Waals surface area (Å²) in [5.74, 6) is 0. The normalized spacial score (nSPS) is 12.0. The van der Waals surface area contributed by atoms with Crippen molar-refractivity contribution in [3.05, 3.63) is 23.2 Å². The van der Waals surface area contributed by atoms with Crippen LogP contribution in [0.2, 0.25) is 5.02 Å². The first-order valence-electron chi connectivity index (χ1n) is 5.95. The second-order valence-corrected chi connectivity index (χ2v) is 6.06. The van der Waals surface area contributed by atoms with Gasteiger partial charge in [0.1, 0.15) is 0 Å². The Morgan fingerprint density at radius 2 is 2.22 bits per heavy atom. The van der Waals surface area contributed by atoms with Crippen LogP contribution in [0.15, 0.2) is 18.2 Å². The first-order valence-corrected chi connectivity index (χ1v) is 7.14. The topological polar surface area (TPSA) is 34.1 Å². The molecule has 1 heterocycles. The summed E-state index contributed by atoms with van der Waals surface area (Å²) >= 11 is 7.70. The highest BCUT2D eigenvalue weighted by molar-refractivity contribution is 7.22. The van der Waals surface area contributed by atoms with Gasteiger partial charge in [-0.15, -0.1) is 0 Å². The van der Waals surface area contributed by atoms with Crippen molar-refractivity contribution in [1.82, 2.24) is 4.98 Å². The molecule has 0 saturated carbocycles. The molecule has 0 aliphatic rings. The molecule has 1 aromatic carbocycles. The van der Waals surface area contributed by atoms with Crippen LogP contribution in [-0.2, 0) is 4.74 Å². The number of ether oxygens (including phenoxy) is 1. The molecule has 0 fully saturated rings. The van der Waals surface area contributed by atoms with Crippen LogP contribution in [0.3, 0.4) is 0 Å². The maximum absolute atomic E-state index is 6.13. The maximum Gasteiger partial charge on any atom is 0.183 e. The minimum Gasteiger partial charge on any atom is -0.374 e. The fraction of sp³-hybridized carbons (Fsp3) is 0.462. The van der Waals surface area contributed by atoms with Gasteiger partial charge in [0.15, 0.2) is 5.13 Å². The number of benzene rings is 1. The van der Waals surface area contributed by atoms with Crippen molar-refractivity contribution in [1.29, 1.82) is 0 Å². The van der Waals surface area contributed by atoms with Crippen molar-refractivity contribution in [2.24, 2.45) is 0 Å². The van der Waals surface area contributed by atoms with Gasteiger partial charge in [0.05, 0.1) is 20.8 Å². The predicted octanol–water partition coefficient (Wildman–Crippen LogP) is 4.18. The van der Waals surface area contributed by atoms with Crippen LogP contribution in [0.4, 0.5) is 5.13 Å². The zero-order valence-corrected chi connectivity index (χ0v) is 12.4. The lowest BCUT2D eigenvalue weighted by Gasteiger charge is -2.24. The smallest absolute Gasteiger partial charge is 0.183 e. The van der Waals surface area contributed by atoms with Crippen LogP contribution in [0.25, 0.3) is 10.2 Å². The second-order valence-electron chi connectivity index (χ2n) is 4.65. The highest BCUT2D eigenvalue weighted by atomic mass is 35.5. The lowest BCUT2D eigenvalue weighted by Crippen LogP contribution is -2.33. The average Bonchev–Trinajstić information content (AvgIpc) is 2.71. The zero-order chi connectivity index (χ0) is 13.2. The standard InChI is InChI=1S/C13H17ClN2OS/c1-4-17-13(2,3)8-15-12-16-10-7-5-6-9(14)11(10)18-12/h5-7H,4,8H2,1-3H3,(H,15,16). The van der Waals surface area contributed by atoms with Crippen molar-refractivity contribution < 1.29 is 4.74 Å². The van der Waals surface area contributed by atoms with E-state index < -0.39 is 0 Å². The van der Waals surface area contributed by atoms with E-state index in [1.54, 1.807) is 11.3 Å². The highest BCUT2D eigenvalue weighted by Gasteiger charge is 2.18. The number of nitrogens with zero attached hydrogens (tertiary/aromatic N) is 1. The van der Waals surface area contributed by atoms with Gasteiger partial charge < -0.3 is 10.1 Å². The Bertz CT molecular complexity index is 539. The largest absolute Gasteiger partial charge is 0.374 e. The van der Waals surface area contributed by atoms with E-state index >= 15 is 0 Å². The van der Waals surface area contributed by atoms with Gasteiger partial charge in [-0.2, -0.15) is 0 Å².